The first-order chi connectivity index (χ1) is 14.4. The van der Waals surface area contributed by atoms with E-state index in [2.05, 4.69) is 4.90 Å². The molecule has 0 amide bonds. The van der Waals surface area contributed by atoms with Crippen LogP contribution in [0.5, 0.6) is 11.5 Å². The smallest absolute Gasteiger partial charge is 0.161 e. The van der Waals surface area contributed by atoms with Crippen molar-refractivity contribution in [2.75, 3.05) is 33.1 Å². The molecule has 2 heterocycles. The van der Waals surface area contributed by atoms with Crippen LogP contribution in [0.3, 0.4) is 0 Å². The summed E-state index contributed by atoms with van der Waals surface area (Å²) in [4.78, 5) is 2.38. The van der Waals surface area contributed by atoms with Gasteiger partial charge in [-0.15, -0.1) is 0 Å². The maximum absolute atomic E-state index is 12.1. The van der Waals surface area contributed by atoms with E-state index in [1.807, 2.05) is 32.9 Å². The van der Waals surface area contributed by atoms with Crippen molar-refractivity contribution in [1.29, 1.82) is 0 Å². The van der Waals surface area contributed by atoms with Gasteiger partial charge in [0, 0.05) is 25.4 Å². The lowest BCUT2D eigenvalue weighted by Gasteiger charge is -2.46. The van der Waals surface area contributed by atoms with Gasteiger partial charge in [0.2, 0.25) is 0 Å². The molecule has 1 N–H and O–H groups in total. The maximum atomic E-state index is 12.1. The fourth-order valence-corrected chi connectivity index (χ4v) is 5.92. The van der Waals surface area contributed by atoms with E-state index in [1.54, 1.807) is 7.11 Å². The van der Waals surface area contributed by atoms with Gasteiger partial charge in [0.1, 0.15) is 11.4 Å². The first kappa shape index (κ1) is 22.8. The van der Waals surface area contributed by atoms with E-state index >= 15 is 0 Å². The monoisotopic (exact) mass is 453 g/mol. The van der Waals surface area contributed by atoms with E-state index in [0.717, 1.165) is 18.5 Å². The van der Waals surface area contributed by atoms with Crippen LogP contribution in [-0.2, 0) is 21.0 Å². The van der Waals surface area contributed by atoms with Crippen molar-refractivity contribution < 1.29 is 27.7 Å². The Morgan fingerprint density at radius 1 is 1.23 bits per heavy atom. The number of piperidine rings is 1. The summed E-state index contributed by atoms with van der Waals surface area (Å²) >= 11 is 0. The zero-order valence-corrected chi connectivity index (χ0v) is 20.0. The summed E-state index contributed by atoms with van der Waals surface area (Å²) in [5.41, 5.74) is 2.02. The van der Waals surface area contributed by atoms with Gasteiger partial charge in [0.25, 0.3) is 0 Å². The first-order valence-corrected chi connectivity index (χ1v) is 12.9. The van der Waals surface area contributed by atoms with E-state index in [4.69, 9.17) is 14.2 Å². The molecule has 1 aromatic carbocycles. The molecular weight excluding hydrogens is 418 g/mol. The highest BCUT2D eigenvalue weighted by Crippen LogP contribution is 2.46. The number of rotatable bonds is 6. The van der Waals surface area contributed by atoms with Crippen molar-refractivity contribution >= 4 is 9.84 Å². The second-order valence-electron chi connectivity index (χ2n) is 10.3. The first-order valence-electron chi connectivity index (χ1n) is 11.1. The molecular formula is C23H35NO6S. The molecule has 0 aromatic heterocycles. The standard InChI is InChI=1S/C23H35NO6S/c1-22(2,3)30-21-13-24-9-6-15-10-20(29-14-23(7-8-23)31(5,26)27)19(28-4)11-16(15)17(24)12-18(21)25/h10-11,17-18,21,25H,6-9,12-14H2,1-5H3/t17-,18-,21-/m1/s1. The number of methoxy groups -OCH3 is 1. The second kappa shape index (κ2) is 7.90. The van der Waals surface area contributed by atoms with Gasteiger partial charge in [-0.25, -0.2) is 8.42 Å². The lowest BCUT2D eigenvalue weighted by Crippen LogP contribution is -2.53. The lowest BCUT2D eigenvalue weighted by molar-refractivity contribution is -0.149. The third-order valence-corrected chi connectivity index (χ3v) is 8.89. The summed E-state index contributed by atoms with van der Waals surface area (Å²) in [6.07, 6.45) is 3.31. The van der Waals surface area contributed by atoms with Gasteiger partial charge >= 0.3 is 0 Å². The average molecular weight is 454 g/mol. The number of aliphatic hydroxyl groups excluding tert-OH is 1. The van der Waals surface area contributed by atoms with Crippen molar-refractivity contribution in [3.05, 3.63) is 23.3 Å². The Morgan fingerprint density at radius 3 is 2.52 bits per heavy atom. The molecule has 4 rings (SSSR count). The van der Waals surface area contributed by atoms with Crippen LogP contribution in [0.1, 0.15) is 57.2 Å². The minimum absolute atomic E-state index is 0.104. The summed E-state index contributed by atoms with van der Waals surface area (Å²) in [5, 5.41) is 10.8. The molecule has 31 heavy (non-hydrogen) atoms. The number of ether oxygens (including phenoxy) is 3. The van der Waals surface area contributed by atoms with Crippen LogP contribution in [0.4, 0.5) is 0 Å². The minimum Gasteiger partial charge on any atom is -0.493 e. The van der Waals surface area contributed by atoms with Crippen molar-refractivity contribution in [2.45, 2.75) is 75.1 Å². The number of fused-ring (bicyclic) bond motifs is 3. The van der Waals surface area contributed by atoms with Crippen LogP contribution >= 0.6 is 0 Å². The summed E-state index contributed by atoms with van der Waals surface area (Å²) in [7, 11) is -1.55. The Morgan fingerprint density at radius 2 is 1.94 bits per heavy atom. The van der Waals surface area contributed by atoms with E-state index in [-0.39, 0.29) is 24.4 Å². The van der Waals surface area contributed by atoms with Gasteiger partial charge in [-0.3, -0.25) is 4.90 Å². The van der Waals surface area contributed by atoms with Crippen molar-refractivity contribution in [3.63, 3.8) is 0 Å². The predicted octanol–water partition coefficient (Wildman–Crippen LogP) is 2.50. The van der Waals surface area contributed by atoms with Crippen LogP contribution in [0.25, 0.3) is 0 Å². The molecule has 7 nitrogen and oxygen atoms in total. The number of sulfone groups is 1. The molecule has 8 heteroatoms. The molecule has 2 aliphatic heterocycles. The maximum Gasteiger partial charge on any atom is 0.161 e. The van der Waals surface area contributed by atoms with Crippen LogP contribution in [0.2, 0.25) is 0 Å². The molecule has 3 atom stereocenters. The summed E-state index contributed by atoms with van der Waals surface area (Å²) < 4.78 is 41.1. The normalized spacial score (nSPS) is 27.9. The number of benzene rings is 1. The molecule has 0 radical (unpaired) electrons. The fraction of sp³-hybridized carbons (Fsp3) is 0.739. The van der Waals surface area contributed by atoms with Gasteiger partial charge in [-0.05, 0) is 69.7 Å². The lowest BCUT2D eigenvalue weighted by atomic mass is 9.84. The number of nitrogens with zero attached hydrogens (tertiary/aromatic N) is 1. The van der Waals surface area contributed by atoms with Crippen molar-refractivity contribution in [2.24, 2.45) is 0 Å². The third kappa shape index (κ3) is 4.58. The number of aliphatic hydroxyl groups is 1. The average Bonchev–Trinajstić information content (AvgIpc) is 3.46. The van der Waals surface area contributed by atoms with Crippen LogP contribution in [0.15, 0.2) is 12.1 Å². The second-order valence-corrected chi connectivity index (χ2v) is 12.7. The topological polar surface area (TPSA) is 85.3 Å². The minimum atomic E-state index is -3.15. The third-order valence-electron chi connectivity index (χ3n) is 6.79. The summed E-state index contributed by atoms with van der Waals surface area (Å²) in [5.74, 6) is 1.20. The van der Waals surface area contributed by atoms with E-state index in [9.17, 15) is 13.5 Å². The zero-order valence-electron chi connectivity index (χ0n) is 19.2. The Hall–Kier alpha value is -1.35. The van der Waals surface area contributed by atoms with Crippen molar-refractivity contribution in [3.8, 4) is 11.5 Å². The van der Waals surface area contributed by atoms with E-state index in [1.165, 1.54) is 11.8 Å². The Kier molecular flexibility index (Phi) is 5.82. The molecule has 174 valence electrons. The molecule has 1 saturated carbocycles. The van der Waals surface area contributed by atoms with Crippen LogP contribution < -0.4 is 9.47 Å². The van der Waals surface area contributed by atoms with Gasteiger partial charge in [-0.2, -0.15) is 0 Å². The van der Waals surface area contributed by atoms with Gasteiger partial charge in [-0.1, -0.05) is 0 Å². The molecule has 0 spiro atoms. The molecule has 1 aromatic rings. The molecule has 0 unspecified atom stereocenters. The Bertz CT molecular complexity index is 934. The van der Waals surface area contributed by atoms with Crippen LogP contribution in [0, 0.1) is 0 Å². The zero-order chi connectivity index (χ0) is 22.6. The van der Waals surface area contributed by atoms with Gasteiger partial charge in [0.05, 0.1) is 24.9 Å². The number of hydrogen-bond acceptors (Lipinski definition) is 7. The SMILES string of the molecule is COc1cc2c(cc1OCC1(S(C)(=O)=O)CC1)CCN1C[C@@H](OC(C)(C)C)[C@H](O)C[C@H]21. The summed E-state index contributed by atoms with van der Waals surface area (Å²) in [6.45, 7) is 7.77. The van der Waals surface area contributed by atoms with Crippen LogP contribution in [-0.4, -0.2) is 74.0 Å². The van der Waals surface area contributed by atoms with E-state index < -0.39 is 20.7 Å². The summed E-state index contributed by atoms with van der Waals surface area (Å²) in [6, 6.07) is 4.10. The largest absolute Gasteiger partial charge is 0.493 e. The molecule has 3 aliphatic rings. The van der Waals surface area contributed by atoms with Gasteiger partial charge < -0.3 is 19.3 Å². The highest BCUT2D eigenvalue weighted by Gasteiger charge is 2.53. The molecule has 0 bridgehead atoms. The quantitative estimate of drug-likeness (QED) is 0.708. The molecule has 1 aliphatic carbocycles. The van der Waals surface area contributed by atoms with Crippen molar-refractivity contribution in [1.82, 2.24) is 4.90 Å². The highest BCUT2D eigenvalue weighted by atomic mass is 32.2. The number of hydrogen-bond donors (Lipinski definition) is 1. The molecule has 2 fully saturated rings. The fourth-order valence-electron chi connectivity index (χ4n) is 4.80. The Labute approximate surface area is 185 Å². The predicted molar refractivity (Wildman–Crippen MR) is 119 cm³/mol. The molecule has 1 saturated heterocycles. The Balaban J connectivity index is 1.54. The van der Waals surface area contributed by atoms with E-state index in [0.29, 0.717) is 37.3 Å². The van der Waals surface area contributed by atoms with Gasteiger partial charge in [0.15, 0.2) is 21.3 Å². The highest BCUT2D eigenvalue weighted by molar-refractivity contribution is 7.92.